The topological polar surface area (TPSA) is 98.7 Å². The van der Waals surface area contributed by atoms with Gasteiger partial charge in [-0.3, -0.25) is 14.5 Å². The van der Waals surface area contributed by atoms with Gasteiger partial charge < -0.3 is 15.7 Å². The number of nitrogens with zero attached hydrogens (tertiary/aromatic N) is 1. The van der Waals surface area contributed by atoms with E-state index in [1.165, 1.54) is 0 Å². The van der Waals surface area contributed by atoms with Gasteiger partial charge in [-0.1, -0.05) is 0 Å². The number of hydrogen-bond donors (Lipinski definition) is 3. The molecule has 1 rings (SSSR count). The van der Waals surface area contributed by atoms with Crippen molar-refractivity contribution in [2.24, 2.45) is 0 Å². The molecular weight excluding hydrogens is 262 g/mol. The van der Waals surface area contributed by atoms with Crippen molar-refractivity contribution in [2.75, 3.05) is 13.1 Å². The van der Waals surface area contributed by atoms with E-state index in [4.69, 9.17) is 5.11 Å². The van der Waals surface area contributed by atoms with Crippen molar-refractivity contribution in [3.05, 3.63) is 0 Å². The summed E-state index contributed by atoms with van der Waals surface area (Å²) in [5, 5.41) is 14.3. The van der Waals surface area contributed by atoms with E-state index in [-0.39, 0.29) is 30.9 Å². The highest BCUT2D eigenvalue weighted by Gasteiger charge is 2.43. The summed E-state index contributed by atoms with van der Waals surface area (Å²) in [6.45, 7) is 5.51. The lowest BCUT2D eigenvalue weighted by Gasteiger charge is -2.15. The van der Waals surface area contributed by atoms with Crippen molar-refractivity contribution in [2.45, 2.75) is 51.7 Å². The van der Waals surface area contributed by atoms with Crippen LogP contribution in [-0.2, 0) is 9.59 Å². The first-order chi connectivity index (χ1) is 9.24. The summed E-state index contributed by atoms with van der Waals surface area (Å²) in [5.41, 5.74) is -0.898. The highest BCUT2D eigenvalue weighted by atomic mass is 16.3. The molecular formula is C13H23N3O4. The molecule has 7 heteroatoms. The number of nitrogens with one attached hydrogen (secondary N) is 2. The van der Waals surface area contributed by atoms with E-state index in [1.54, 1.807) is 20.8 Å². The normalized spacial score (nSPS) is 18.9. The van der Waals surface area contributed by atoms with Crippen LogP contribution in [0.5, 0.6) is 0 Å². The van der Waals surface area contributed by atoms with Crippen LogP contribution in [-0.4, -0.2) is 52.6 Å². The Labute approximate surface area is 118 Å². The molecule has 0 aromatic rings. The number of aliphatic hydroxyl groups excluding tert-OH is 1. The van der Waals surface area contributed by atoms with Crippen LogP contribution in [0.3, 0.4) is 0 Å². The molecule has 1 heterocycles. The van der Waals surface area contributed by atoms with Crippen molar-refractivity contribution in [3.63, 3.8) is 0 Å². The zero-order valence-electron chi connectivity index (χ0n) is 12.2. The van der Waals surface area contributed by atoms with E-state index in [0.29, 0.717) is 19.4 Å². The van der Waals surface area contributed by atoms with Gasteiger partial charge in [0.25, 0.3) is 5.91 Å². The molecule has 1 atom stereocenters. The minimum absolute atomic E-state index is 0.0797. The second-order valence-corrected chi connectivity index (χ2v) is 5.60. The Hall–Kier alpha value is -1.63. The standard InChI is InChI=1S/C13H23N3O4/c1-9(17)5-4-7-14-10(18)6-8-16-11(19)13(2,3)15-12(16)20/h9,17H,4-8H2,1-3H3,(H,14,18)(H,15,20). The summed E-state index contributed by atoms with van der Waals surface area (Å²) in [5.74, 6) is -0.523. The fourth-order valence-electron chi connectivity index (χ4n) is 1.95. The second-order valence-electron chi connectivity index (χ2n) is 5.60. The predicted octanol–water partition coefficient (Wildman–Crippen LogP) is -0.0159. The SMILES string of the molecule is CC(O)CCCNC(=O)CCN1C(=O)NC(C)(C)C1=O. The fourth-order valence-corrected chi connectivity index (χ4v) is 1.95. The molecule has 1 fully saturated rings. The molecule has 0 saturated carbocycles. The molecule has 0 aromatic carbocycles. The van der Waals surface area contributed by atoms with Crippen LogP contribution in [0.4, 0.5) is 4.79 Å². The number of rotatable bonds is 7. The van der Waals surface area contributed by atoms with Crippen LogP contribution in [0.15, 0.2) is 0 Å². The van der Waals surface area contributed by atoms with Crippen molar-refractivity contribution in [1.29, 1.82) is 0 Å². The second kappa shape index (κ2) is 6.69. The lowest BCUT2D eigenvalue weighted by molar-refractivity contribution is -0.130. The maximum absolute atomic E-state index is 11.9. The smallest absolute Gasteiger partial charge is 0.325 e. The number of carbonyl (C=O) groups excluding carboxylic acids is 3. The highest BCUT2D eigenvalue weighted by Crippen LogP contribution is 2.16. The van der Waals surface area contributed by atoms with Gasteiger partial charge in [-0.25, -0.2) is 4.79 Å². The van der Waals surface area contributed by atoms with Gasteiger partial charge in [-0.15, -0.1) is 0 Å². The predicted molar refractivity (Wildman–Crippen MR) is 72.9 cm³/mol. The van der Waals surface area contributed by atoms with E-state index in [0.717, 1.165) is 4.90 Å². The first kappa shape index (κ1) is 16.4. The third kappa shape index (κ3) is 4.48. The van der Waals surface area contributed by atoms with E-state index in [9.17, 15) is 14.4 Å². The Kier molecular flexibility index (Phi) is 5.50. The van der Waals surface area contributed by atoms with E-state index in [2.05, 4.69) is 10.6 Å². The Balaban J connectivity index is 2.28. The van der Waals surface area contributed by atoms with Crippen LogP contribution in [0.25, 0.3) is 0 Å². The molecule has 7 nitrogen and oxygen atoms in total. The number of hydrogen-bond acceptors (Lipinski definition) is 4. The molecule has 1 aliphatic heterocycles. The van der Waals surface area contributed by atoms with Crippen LogP contribution in [0.1, 0.15) is 40.0 Å². The summed E-state index contributed by atoms with van der Waals surface area (Å²) in [4.78, 5) is 36.1. The highest BCUT2D eigenvalue weighted by molar-refractivity contribution is 6.06. The minimum atomic E-state index is -0.898. The van der Waals surface area contributed by atoms with Crippen molar-refractivity contribution in [1.82, 2.24) is 15.5 Å². The van der Waals surface area contributed by atoms with Crippen LogP contribution in [0, 0.1) is 0 Å². The van der Waals surface area contributed by atoms with Gasteiger partial charge in [0.15, 0.2) is 0 Å². The van der Waals surface area contributed by atoms with E-state index < -0.39 is 11.6 Å². The van der Waals surface area contributed by atoms with Gasteiger partial charge in [0.2, 0.25) is 5.91 Å². The Morgan fingerprint density at radius 2 is 2.10 bits per heavy atom. The van der Waals surface area contributed by atoms with E-state index in [1.807, 2.05) is 0 Å². The van der Waals surface area contributed by atoms with Crippen molar-refractivity contribution < 1.29 is 19.5 Å². The zero-order valence-corrected chi connectivity index (χ0v) is 12.2. The average molecular weight is 285 g/mol. The van der Waals surface area contributed by atoms with Crippen LogP contribution in [0.2, 0.25) is 0 Å². The first-order valence-corrected chi connectivity index (χ1v) is 6.83. The molecule has 1 aliphatic rings. The largest absolute Gasteiger partial charge is 0.393 e. The summed E-state index contributed by atoms with van der Waals surface area (Å²) >= 11 is 0. The first-order valence-electron chi connectivity index (χ1n) is 6.83. The minimum Gasteiger partial charge on any atom is -0.393 e. The van der Waals surface area contributed by atoms with Gasteiger partial charge in [-0.2, -0.15) is 0 Å². The van der Waals surface area contributed by atoms with Crippen LogP contribution >= 0.6 is 0 Å². The number of carbonyl (C=O) groups is 3. The molecule has 20 heavy (non-hydrogen) atoms. The van der Waals surface area contributed by atoms with Crippen molar-refractivity contribution in [3.8, 4) is 0 Å². The third-order valence-corrected chi connectivity index (χ3v) is 3.13. The quantitative estimate of drug-likeness (QED) is 0.452. The molecule has 3 N–H and O–H groups in total. The summed E-state index contributed by atoms with van der Waals surface area (Å²) in [7, 11) is 0. The molecule has 0 radical (unpaired) electrons. The molecule has 0 spiro atoms. The molecule has 0 aromatic heterocycles. The number of urea groups is 1. The van der Waals surface area contributed by atoms with Crippen molar-refractivity contribution >= 4 is 17.8 Å². The lowest BCUT2D eigenvalue weighted by atomic mass is 10.1. The van der Waals surface area contributed by atoms with Gasteiger partial charge in [0, 0.05) is 19.5 Å². The van der Waals surface area contributed by atoms with Gasteiger partial charge >= 0.3 is 6.03 Å². The zero-order chi connectivity index (χ0) is 15.3. The molecule has 114 valence electrons. The summed E-state index contributed by atoms with van der Waals surface area (Å²) in [6.07, 6.45) is 1.03. The monoisotopic (exact) mass is 285 g/mol. The number of imide groups is 1. The summed E-state index contributed by atoms with van der Waals surface area (Å²) < 4.78 is 0. The van der Waals surface area contributed by atoms with Gasteiger partial charge in [0.05, 0.1) is 6.10 Å². The molecule has 0 bridgehead atoms. The van der Waals surface area contributed by atoms with E-state index >= 15 is 0 Å². The lowest BCUT2D eigenvalue weighted by Crippen LogP contribution is -2.40. The maximum atomic E-state index is 11.9. The van der Waals surface area contributed by atoms with Gasteiger partial charge in [-0.05, 0) is 33.6 Å². The molecule has 0 aliphatic carbocycles. The number of aliphatic hydroxyl groups is 1. The average Bonchev–Trinajstić information content (AvgIpc) is 2.52. The fraction of sp³-hybridized carbons (Fsp3) is 0.769. The molecule has 1 saturated heterocycles. The number of amides is 4. The molecule has 4 amide bonds. The Morgan fingerprint density at radius 1 is 1.45 bits per heavy atom. The molecule has 1 unspecified atom stereocenters. The van der Waals surface area contributed by atoms with Gasteiger partial charge in [0.1, 0.15) is 5.54 Å². The Morgan fingerprint density at radius 3 is 2.60 bits per heavy atom. The van der Waals surface area contributed by atoms with Crippen LogP contribution < -0.4 is 10.6 Å². The third-order valence-electron chi connectivity index (χ3n) is 3.13. The maximum Gasteiger partial charge on any atom is 0.325 e. The summed E-state index contributed by atoms with van der Waals surface area (Å²) in [6, 6.07) is -0.457. The Bertz CT molecular complexity index is 393.